The smallest absolute Gasteiger partial charge is 0.0594 e. The number of nitrogens with zero attached hydrogens (tertiary/aromatic N) is 2. The Balaban J connectivity index is 2.12. The van der Waals surface area contributed by atoms with Gasteiger partial charge in [0.2, 0.25) is 0 Å². The molecule has 1 fully saturated rings. The molecule has 0 N–H and O–H groups in total. The standard InChI is InChI=1S/C14H22N2O/c1-12(2)11-14(13-5-3-4-6-15-13)16-7-9-17-10-8-16/h3-6,12,14H,7-11H2,1-2H3. The van der Waals surface area contributed by atoms with Crippen LogP contribution < -0.4 is 0 Å². The van der Waals surface area contributed by atoms with Crippen LogP contribution in [0.2, 0.25) is 0 Å². The zero-order valence-corrected chi connectivity index (χ0v) is 10.8. The van der Waals surface area contributed by atoms with Crippen LogP contribution in [0.5, 0.6) is 0 Å². The maximum Gasteiger partial charge on any atom is 0.0594 e. The van der Waals surface area contributed by atoms with Crippen molar-refractivity contribution < 1.29 is 4.74 Å². The zero-order chi connectivity index (χ0) is 12.1. The number of morpholine rings is 1. The molecular weight excluding hydrogens is 212 g/mol. The number of rotatable bonds is 4. The maximum atomic E-state index is 5.43. The van der Waals surface area contributed by atoms with Crippen molar-refractivity contribution in [2.75, 3.05) is 26.3 Å². The van der Waals surface area contributed by atoms with Gasteiger partial charge in [-0.15, -0.1) is 0 Å². The van der Waals surface area contributed by atoms with E-state index < -0.39 is 0 Å². The molecule has 2 heterocycles. The summed E-state index contributed by atoms with van der Waals surface area (Å²) in [6.07, 6.45) is 3.06. The van der Waals surface area contributed by atoms with Gasteiger partial charge in [-0.05, 0) is 24.5 Å². The van der Waals surface area contributed by atoms with Gasteiger partial charge in [0.1, 0.15) is 0 Å². The second-order valence-electron chi connectivity index (χ2n) is 5.05. The highest BCUT2D eigenvalue weighted by Gasteiger charge is 2.24. The fourth-order valence-electron chi connectivity index (χ4n) is 2.37. The van der Waals surface area contributed by atoms with Crippen LogP contribution in [0.1, 0.15) is 32.0 Å². The fraction of sp³-hybridized carbons (Fsp3) is 0.643. The zero-order valence-electron chi connectivity index (χ0n) is 10.8. The maximum absolute atomic E-state index is 5.43. The van der Waals surface area contributed by atoms with Crippen LogP contribution in [0.4, 0.5) is 0 Å². The molecular formula is C14H22N2O. The molecule has 0 saturated carbocycles. The molecule has 1 aromatic heterocycles. The third-order valence-corrected chi connectivity index (χ3v) is 3.21. The summed E-state index contributed by atoms with van der Waals surface area (Å²) in [5, 5.41) is 0. The number of aromatic nitrogens is 1. The number of hydrogen-bond acceptors (Lipinski definition) is 3. The van der Waals surface area contributed by atoms with Gasteiger partial charge in [-0.3, -0.25) is 9.88 Å². The molecule has 0 aromatic carbocycles. The number of hydrogen-bond donors (Lipinski definition) is 0. The molecule has 0 aliphatic carbocycles. The molecule has 1 unspecified atom stereocenters. The van der Waals surface area contributed by atoms with E-state index in [0.717, 1.165) is 32.7 Å². The number of ether oxygens (including phenoxy) is 1. The fourth-order valence-corrected chi connectivity index (χ4v) is 2.37. The summed E-state index contributed by atoms with van der Waals surface area (Å²) in [4.78, 5) is 7.03. The van der Waals surface area contributed by atoms with Gasteiger partial charge in [0.15, 0.2) is 0 Å². The minimum absolute atomic E-state index is 0.445. The Bertz CT molecular complexity index is 320. The first-order valence-corrected chi connectivity index (χ1v) is 6.50. The van der Waals surface area contributed by atoms with E-state index in [-0.39, 0.29) is 0 Å². The van der Waals surface area contributed by atoms with Crippen molar-refractivity contribution in [3.8, 4) is 0 Å². The molecule has 0 amide bonds. The van der Waals surface area contributed by atoms with Gasteiger partial charge in [-0.25, -0.2) is 0 Å². The molecule has 17 heavy (non-hydrogen) atoms. The monoisotopic (exact) mass is 234 g/mol. The van der Waals surface area contributed by atoms with Crippen molar-refractivity contribution >= 4 is 0 Å². The van der Waals surface area contributed by atoms with Gasteiger partial charge in [0.05, 0.1) is 24.9 Å². The Morgan fingerprint density at radius 3 is 2.65 bits per heavy atom. The third-order valence-electron chi connectivity index (χ3n) is 3.21. The largest absolute Gasteiger partial charge is 0.379 e. The molecule has 2 rings (SSSR count). The van der Waals surface area contributed by atoms with E-state index in [4.69, 9.17) is 4.74 Å². The van der Waals surface area contributed by atoms with E-state index >= 15 is 0 Å². The van der Waals surface area contributed by atoms with Gasteiger partial charge in [0.25, 0.3) is 0 Å². The summed E-state index contributed by atoms with van der Waals surface area (Å²) >= 11 is 0. The Kier molecular flexibility index (Phi) is 4.51. The first kappa shape index (κ1) is 12.5. The summed E-state index contributed by atoms with van der Waals surface area (Å²) in [6.45, 7) is 8.29. The van der Waals surface area contributed by atoms with Crippen molar-refractivity contribution in [2.45, 2.75) is 26.3 Å². The lowest BCUT2D eigenvalue weighted by Crippen LogP contribution is -2.39. The average Bonchev–Trinajstić information content (AvgIpc) is 2.38. The van der Waals surface area contributed by atoms with Crippen LogP contribution in [0.25, 0.3) is 0 Å². The topological polar surface area (TPSA) is 25.4 Å². The lowest BCUT2D eigenvalue weighted by molar-refractivity contribution is 0.0107. The van der Waals surface area contributed by atoms with Crippen molar-refractivity contribution in [2.24, 2.45) is 5.92 Å². The van der Waals surface area contributed by atoms with Crippen molar-refractivity contribution in [3.63, 3.8) is 0 Å². The minimum atomic E-state index is 0.445. The Hall–Kier alpha value is -0.930. The van der Waals surface area contributed by atoms with E-state index in [0.29, 0.717) is 12.0 Å². The predicted octanol–water partition coefficient (Wildman–Crippen LogP) is 2.50. The van der Waals surface area contributed by atoms with Gasteiger partial charge in [-0.2, -0.15) is 0 Å². The van der Waals surface area contributed by atoms with E-state index in [9.17, 15) is 0 Å². The summed E-state index contributed by atoms with van der Waals surface area (Å²) in [5.41, 5.74) is 1.20. The summed E-state index contributed by atoms with van der Waals surface area (Å²) in [5.74, 6) is 0.685. The van der Waals surface area contributed by atoms with Crippen LogP contribution in [0, 0.1) is 5.92 Å². The van der Waals surface area contributed by atoms with Crippen LogP contribution in [-0.4, -0.2) is 36.2 Å². The molecule has 3 nitrogen and oxygen atoms in total. The SMILES string of the molecule is CC(C)CC(c1ccccn1)N1CCOCC1. The average molecular weight is 234 g/mol. The highest BCUT2D eigenvalue weighted by Crippen LogP contribution is 2.26. The first-order valence-electron chi connectivity index (χ1n) is 6.50. The summed E-state index contributed by atoms with van der Waals surface area (Å²) in [7, 11) is 0. The quantitative estimate of drug-likeness (QED) is 0.800. The van der Waals surface area contributed by atoms with Crippen molar-refractivity contribution in [1.29, 1.82) is 0 Å². The Labute approximate surface area is 104 Å². The van der Waals surface area contributed by atoms with Crippen molar-refractivity contribution in [1.82, 2.24) is 9.88 Å². The van der Waals surface area contributed by atoms with Crippen molar-refractivity contribution in [3.05, 3.63) is 30.1 Å². The molecule has 94 valence electrons. The molecule has 3 heteroatoms. The first-order chi connectivity index (χ1) is 8.27. The molecule has 1 aromatic rings. The summed E-state index contributed by atoms with van der Waals surface area (Å²) in [6, 6.07) is 6.65. The normalized spacial score (nSPS) is 19.5. The highest BCUT2D eigenvalue weighted by atomic mass is 16.5. The van der Waals surface area contributed by atoms with Gasteiger partial charge < -0.3 is 4.74 Å². The highest BCUT2D eigenvalue weighted by molar-refractivity contribution is 5.09. The predicted molar refractivity (Wildman–Crippen MR) is 68.8 cm³/mol. The van der Waals surface area contributed by atoms with Crippen LogP contribution in [0.3, 0.4) is 0 Å². The lowest BCUT2D eigenvalue weighted by atomic mass is 9.99. The molecule has 0 radical (unpaired) electrons. The molecule has 0 bridgehead atoms. The van der Waals surface area contributed by atoms with Gasteiger partial charge >= 0.3 is 0 Å². The van der Waals surface area contributed by atoms with E-state index in [1.165, 1.54) is 5.69 Å². The van der Waals surface area contributed by atoms with E-state index in [1.807, 2.05) is 12.3 Å². The third kappa shape index (κ3) is 3.51. The van der Waals surface area contributed by atoms with Gasteiger partial charge in [0, 0.05) is 19.3 Å². The minimum Gasteiger partial charge on any atom is -0.379 e. The van der Waals surface area contributed by atoms with E-state index in [2.05, 4.69) is 35.9 Å². The van der Waals surface area contributed by atoms with Crippen LogP contribution >= 0.6 is 0 Å². The second kappa shape index (κ2) is 6.12. The van der Waals surface area contributed by atoms with E-state index in [1.54, 1.807) is 0 Å². The van der Waals surface area contributed by atoms with Crippen LogP contribution in [-0.2, 0) is 4.74 Å². The second-order valence-corrected chi connectivity index (χ2v) is 5.05. The Morgan fingerprint density at radius 2 is 2.06 bits per heavy atom. The molecule has 1 atom stereocenters. The molecule has 1 aliphatic heterocycles. The Morgan fingerprint density at radius 1 is 1.29 bits per heavy atom. The van der Waals surface area contributed by atoms with Gasteiger partial charge in [-0.1, -0.05) is 19.9 Å². The molecule has 1 saturated heterocycles. The number of pyridine rings is 1. The molecule has 1 aliphatic rings. The molecule has 0 spiro atoms. The van der Waals surface area contributed by atoms with Crippen LogP contribution in [0.15, 0.2) is 24.4 Å². The lowest BCUT2D eigenvalue weighted by Gasteiger charge is -2.35. The summed E-state index contributed by atoms with van der Waals surface area (Å²) < 4.78 is 5.43.